The highest BCUT2D eigenvalue weighted by atomic mass is 35.5. The molecule has 0 aliphatic heterocycles. The molecule has 19 heavy (non-hydrogen) atoms. The second-order valence-electron chi connectivity index (χ2n) is 3.99. The summed E-state index contributed by atoms with van der Waals surface area (Å²) in [6.45, 7) is 0. The Morgan fingerprint density at radius 2 is 1.79 bits per heavy atom. The smallest absolute Gasteiger partial charge is 0.141 e. The van der Waals surface area contributed by atoms with Crippen molar-refractivity contribution in [1.82, 2.24) is 9.97 Å². The number of halogens is 1. The minimum Gasteiger partial charge on any atom is -0.399 e. The number of hydrogen-bond donors (Lipinski definition) is 2. The Kier molecular flexibility index (Phi) is 3.82. The third kappa shape index (κ3) is 2.74. The van der Waals surface area contributed by atoms with Crippen LogP contribution in [0.15, 0.2) is 54.9 Å². The van der Waals surface area contributed by atoms with Crippen LogP contribution in [0.4, 0.5) is 17.2 Å². The van der Waals surface area contributed by atoms with Crippen molar-refractivity contribution in [2.45, 2.75) is 0 Å². The third-order valence-corrected chi connectivity index (χ3v) is 2.69. The van der Waals surface area contributed by atoms with Crippen LogP contribution in [0.2, 0.25) is 0 Å². The van der Waals surface area contributed by atoms with Crippen molar-refractivity contribution in [2.24, 2.45) is 0 Å². The molecule has 3 aromatic rings. The third-order valence-electron chi connectivity index (χ3n) is 2.69. The number of nitrogen functional groups attached to an aromatic ring is 1. The number of benzene rings is 2. The molecule has 0 atom stereocenters. The van der Waals surface area contributed by atoms with Crippen LogP contribution in [0.25, 0.3) is 10.9 Å². The predicted molar refractivity (Wildman–Crippen MR) is 80.9 cm³/mol. The Balaban J connectivity index is 0.00000133. The fraction of sp³-hybridized carbons (Fsp3) is 0. The van der Waals surface area contributed by atoms with Crippen LogP contribution in [0, 0.1) is 0 Å². The molecule has 0 aliphatic carbocycles. The monoisotopic (exact) mass is 272 g/mol. The van der Waals surface area contributed by atoms with E-state index >= 15 is 0 Å². The Bertz CT molecular complexity index is 694. The number of rotatable bonds is 2. The first-order valence-electron chi connectivity index (χ1n) is 5.65. The predicted octanol–water partition coefficient (Wildman–Crippen LogP) is 3.38. The molecule has 5 heteroatoms. The number of nitrogens with two attached hydrogens (primary N) is 1. The Morgan fingerprint density at radius 1 is 0.947 bits per heavy atom. The summed E-state index contributed by atoms with van der Waals surface area (Å²) in [5.74, 6) is 0.784. The van der Waals surface area contributed by atoms with Crippen LogP contribution in [0.3, 0.4) is 0 Å². The van der Waals surface area contributed by atoms with Crippen LogP contribution in [0.5, 0.6) is 0 Å². The molecule has 2 aromatic carbocycles. The van der Waals surface area contributed by atoms with Gasteiger partial charge in [-0.3, -0.25) is 0 Å². The van der Waals surface area contributed by atoms with E-state index in [1.54, 1.807) is 6.33 Å². The average molecular weight is 273 g/mol. The fourth-order valence-corrected chi connectivity index (χ4v) is 1.86. The molecule has 0 aliphatic rings. The van der Waals surface area contributed by atoms with Crippen molar-refractivity contribution in [3.63, 3.8) is 0 Å². The maximum atomic E-state index is 5.75. The molecule has 0 amide bonds. The molecule has 0 spiro atoms. The molecule has 3 rings (SSSR count). The molecule has 1 aromatic heterocycles. The highest BCUT2D eigenvalue weighted by Crippen LogP contribution is 2.23. The normalized spacial score (nSPS) is 9.89. The van der Waals surface area contributed by atoms with Crippen molar-refractivity contribution in [3.8, 4) is 0 Å². The SMILES string of the molecule is Cl.Nc1cccc(Nc2ncnc3ccccc23)c1. The molecule has 96 valence electrons. The number of aromatic nitrogens is 2. The molecule has 0 saturated heterocycles. The van der Waals surface area contributed by atoms with Gasteiger partial charge in [-0.15, -0.1) is 12.4 Å². The standard InChI is InChI=1S/C14H12N4.ClH/c15-10-4-3-5-11(8-10)18-14-12-6-1-2-7-13(12)16-9-17-14;/h1-9H,15H2,(H,16,17,18);1H. The minimum absolute atomic E-state index is 0. The number of nitrogens with zero attached hydrogens (tertiary/aromatic N) is 2. The van der Waals surface area contributed by atoms with Gasteiger partial charge >= 0.3 is 0 Å². The lowest BCUT2D eigenvalue weighted by atomic mass is 10.2. The number of para-hydroxylation sites is 1. The van der Waals surface area contributed by atoms with E-state index in [0.29, 0.717) is 0 Å². The topological polar surface area (TPSA) is 63.8 Å². The lowest BCUT2D eigenvalue weighted by Crippen LogP contribution is -1.96. The van der Waals surface area contributed by atoms with E-state index in [2.05, 4.69) is 15.3 Å². The molecule has 0 saturated carbocycles. The van der Waals surface area contributed by atoms with Crippen LogP contribution < -0.4 is 11.1 Å². The number of nitrogens with one attached hydrogen (secondary N) is 1. The molecule has 0 fully saturated rings. The summed E-state index contributed by atoms with van der Waals surface area (Å²) in [4.78, 5) is 8.49. The van der Waals surface area contributed by atoms with Crippen molar-refractivity contribution in [1.29, 1.82) is 0 Å². The molecule has 1 heterocycles. The van der Waals surface area contributed by atoms with Crippen molar-refractivity contribution in [3.05, 3.63) is 54.9 Å². The fourth-order valence-electron chi connectivity index (χ4n) is 1.86. The summed E-state index contributed by atoms with van der Waals surface area (Å²) >= 11 is 0. The first-order valence-corrected chi connectivity index (χ1v) is 5.65. The minimum atomic E-state index is 0. The van der Waals surface area contributed by atoms with Gasteiger partial charge in [0.05, 0.1) is 5.52 Å². The van der Waals surface area contributed by atoms with Gasteiger partial charge in [-0.1, -0.05) is 18.2 Å². The van der Waals surface area contributed by atoms with E-state index in [0.717, 1.165) is 28.1 Å². The molecule has 0 radical (unpaired) electrons. The van der Waals surface area contributed by atoms with E-state index in [4.69, 9.17) is 5.73 Å². The summed E-state index contributed by atoms with van der Waals surface area (Å²) in [7, 11) is 0. The van der Waals surface area contributed by atoms with Gasteiger partial charge in [0, 0.05) is 16.8 Å². The number of fused-ring (bicyclic) bond motifs is 1. The molecular formula is C14H13ClN4. The summed E-state index contributed by atoms with van der Waals surface area (Å²) in [5, 5.41) is 4.24. The first kappa shape index (κ1) is 13.1. The molecule has 4 nitrogen and oxygen atoms in total. The molecular weight excluding hydrogens is 260 g/mol. The molecule has 0 bridgehead atoms. The maximum absolute atomic E-state index is 5.75. The lowest BCUT2D eigenvalue weighted by molar-refractivity contribution is 1.22. The number of hydrogen-bond acceptors (Lipinski definition) is 4. The van der Waals surface area contributed by atoms with E-state index in [-0.39, 0.29) is 12.4 Å². The van der Waals surface area contributed by atoms with E-state index < -0.39 is 0 Å². The van der Waals surface area contributed by atoms with Gasteiger partial charge in [0.15, 0.2) is 0 Å². The van der Waals surface area contributed by atoms with E-state index in [1.807, 2.05) is 48.5 Å². The second-order valence-corrected chi connectivity index (χ2v) is 3.99. The Morgan fingerprint density at radius 3 is 2.63 bits per heavy atom. The van der Waals surface area contributed by atoms with Crippen molar-refractivity contribution < 1.29 is 0 Å². The van der Waals surface area contributed by atoms with Crippen LogP contribution in [0.1, 0.15) is 0 Å². The van der Waals surface area contributed by atoms with Crippen LogP contribution in [-0.4, -0.2) is 9.97 Å². The summed E-state index contributed by atoms with van der Waals surface area (Å²) in [6, 6.07) is 15.5. The lowest BCUT2D eigenvalue weighted by Gasteiger charge is -2.08. The highest BCUT2D eigenvalue weighted by molar-refractivity contribution is 5.90. The van der Waals surface area contributed by atoms with E-state index in [1.165, 1.54) is 0 Å². The van der Waals surface area contributed by atoms with Gasteiger partial charge in [-0.2, -0.15) is 0 Å². The zero-order valence-corrected chi connectivity index (χ0v) is 10.9. The molecule has 3 N–H and O–H groups in total. The largest absolute Gasteiger partial charge is 0.399 e. The second kappa shape index (κ2) is 5.54. The van der Waals surface area contributed by atoms with Gasteiger partial charge in [-0.25, -0.2) is 9.97 Å². The van der Waals surface area contributed by atoms with Gasteiger partial charge in [-0.05, 0) is 30.3 Å². The summed E-state index contributed by atoms with van der Waals surface area (Å²) in [6.07, 6.45) is 1.55. The Labute approximate surface area is 117 Å². The molecule has 0 unspecified atom stereocenters. The maximum Gasteiger partial charge on any atom is 0.141 e. The van der Waals surface area contributed by atoms with Crippen LogP contribution in [-0.2, 0) is 0 Å². The van der Waals surface area contributed by atoms with Gasteiger partial charge in [0.1, 0.15) is 12.1 Å². The van der Waals surface area contributed by atoms with Crippen LogP contribution >= 0.6 is 12.4 Å². The quantitative estimate of drug-likeness (QED) is 0.702. The Hall–Kier alpha value is -2.33. The summed E-state index contributed by atoms with van der Waals surface area (Å²) in [5.41, 5.74) is 8.30. The van der Waals surface area contributed by atoms with Crippen molar-refractivity contribution >= 4 is 40.5 Å². The zero-order valence-electron chi connectivity index (χ0n) is 10.1. The van der Waals surface area contributed by atoms with E-state index in [9.17, 15) is 0 Å². The van der Waals surface area contributed by atoms with Gasteiger partial charge in [0.2, 0.25) is 0 Å². The van der Waals surface area contributed by atoms with Gasteiger partial charge in [0.25, 0.3) is 0 Å². The first-order chi connectivity index (χ1) is 8.83. The zero-order chi connectivity index (χ0) is 12.4. The summed E-state index contributed by atoms with van der Waals surface area (Å²) < 4.78 is 0. The highest BCUT2D eigenvalue weighted by Gasteiger charge is 2.02. The van der Waals surface area contributed by atoms with Gasteiger partial charge < -0.3 is 11.1 Å². The number of anilines is 3. The average Bonchev–Trinajstić information content (AvgIpc) is 2.39. The van der Waals surface area contributed by atoms with Crippen molar-refractivity contribution in [2.75, 3.05) is 11.1 Å².